The lowest BCUT2D eigenvalue weighted by Gasteiger charge is -2.13. The van der Waals surface area contributed by atoms with Gasteiger partial charge in [0.2, 0.25) is 0 Å². The van der Waals surface area contributed by atoms with Crippen molar-refractivity contribution in [2.45, 2.75) is 0 Å². The number of aromatic nitrogens is 1. The zero-order chi connectivity index (χ0) is 24.4. The van der Waals surface area contributed by atoms with Crippen LogP contribution in [0.15, 0.2) is 85.1 Å². The van der Waals surface area contributed by atoms with Gasteiger partial charge in [-0.15, -0.1) is 0 Å². The van der Waals surface area contributed by atoms with Crippen LogP contribution in [0.5, 0.6) is 28.7 Å². The summed E-state index contributed by atoms with van der Waals surface area (Å²) in [6, 6.07) is 23.3. The summed E-state index contributed by atoms with van der Waals surface area (Å²) in [7, 11) is 3.08. The number of benzene rings is 4. The monoisotopic (exact) mass is 466 g/mol. The number of amides is 1. The lowest BCUT2D eigenvalue weighted by Crippen LogP contribution is -2.12. The molecule has 0 saturated carbocycles. The largest absolute Gasteiger partial charge is 0.504 e. The molecule has 0 unspecified atom stereocenters. The number of fused-ring (bicyclic) bond motifs is 2. The normalized spacial score (nSPS) is 10.8. The molecule has 0 fully saturated rings. The standard InChI is InChI=1S/C28H22N2O5/c1-33-19-8-6-17(7-9-19)28(32)30-23-5-3-4-18-14-20(10-11-21(18)23)35-26-12-13-29-24-16-25(31)27(34-2)15-22(24)26/h3-16,31H,1-2H3,(H,30,32). The minimum atomic E-state index is -0.207. The summed E-state index contributed by atoms with van der Waals surface area (Å²) >= 11 is 0. The van der Waals surface area contributed by atoms with Crippen LogP contribution in [0.4, 0.5) is 5.69 Å². The number of pyridine rings is 1. The number of rotatable bonds is 6. The Morgan fingerprint density at radius 2 is 1.63 bits per heavy atom. The second-order valence-corrected chi connectivity index (χ2v) is 7.82. The molecule has 0 bridgehead atoms. The fourth-order valence-corrected chi connectivity index (χ4v) is 3.89. The molecule has 5 aromatic rings. The van der Waals surface area contributed by atoms with Gasteiger partial charge in [-0.1, -0.05) is 12.1 Å². The molecule has 0 aliphatic rings. The Morgan fingerprint density at radius 3 is 2.40 bits per heavy atom. The molecule has 4 aromatic carbocycles. The SMILES string of the molecule is COc1ccc(C(=O)Nc2cccc3cc(Oc4ccnc5cc(O)c(OC)cc45)ccc23)cc1. The zero-order valence-corrected chi connectivity index (χ0v) is 19.1. The fourth-order valence-electron chi connectivity index (χ4n) is 3.89. The number of nitrogens with zero attached hydrogens (tertiary/aromatic N) is 1. The molecule has 0 radical (unpaired) electrons. The highest BCUT2D eigenvalue weighted by Crippen LogP contribution is 2.37. The summed E-state index contributed by atoms with van der Waals surface area (Å²) < 4.78 is 16.6. The van der Waals surface area contributed by atoms with E-state index in [1.165, 1.54) is 7.11 Å². The number of carbonyl (C=O) groups excluding carboxylic acids is 1. The zero-order valence-electron chi connectivity index (χ0n) is 19.1. The summed E-state index contributed by atoms with van der Waals surface area (Å²) in [5, 5.41) is 15.5. The van der Waals surface area contributed by atoms with Gasteiger partial charge >= 0.3 is 0 Å². The molecule has 1 heterocycles. The Hall–Kier alpha value is -4.78. The average molecular weight is 466 g/mol. The summed E-state index contributed by atoms with van der Waals surface area (Å²) in [4.78, 5) is 17.1. The van der Waals surface area contributed by atoms with Crippen molar-refractivity contribution < 1.29 is 24.1 Å². The third-order valence-corrected chi connectivity index (χ3v) is 5.68. The van der Waals surface area contributed by atoms with E-state index in [1.54, 1.807) is 55.8 Å². The number of aromatic hydroxyl groups is 1. The van der Waals surface area contributed by atoms with Crippen LogP contribution in [0, 0.1) is 0 Å². The molecule has 0 aliphatic heterocycles. The number of carbonyl (C=O) groups is 1. The molecule has 174 valence electrons. The van der Waals surface area contributed by atoms with Crippen LogP contribution in [0.3, 0.4) is 0 Å². The fraction of sp³-hybridized carbons (Fsp3) is 0.0714. The molecule has 7 nitrogen and oxygen atoms in total. The van der Waals surface area contributed by atoms with Crippen molar-refractivity contribution in [2.75, 3.05) is 19.5 Å². The van der Waals surface area contributed by atoms with Crippen LogP contribution in [0.2, 0.25) is 0 Å². The second kappa shape index (κ2) is 9.23. The van der Waals surface area contributed by atoms with Gasteiger partial charge < -0.3 is 24.6 Å². The highest BCUT2D eigenvalue weighted by atomic mass is 16.5. The first-order chi connectivity index (χ1) is 17.1. The lowest BCUT2D eigenvalue weighted by molar-refractivity contribution is 0.102. The molecule has 0 atom stereocenters. The maximum Gasteiger partial charge on any atom is 0.255 e. The number of nitrogens with one attached hydrogen (secondary N) is 1. The predicted molar refractivity (Wildman–Crippen MR) is 135 cm³/mol. The van der Waals surface area contributed by atoms with Gasteiger partial charge in [-0.2, -0.15) is 0 Å². The molecule has 35 heavy (non-hydrogen) atoms. The Morgan fingerprint density at radius 1 is 0.829 bits per heavy atom. The summed E-state index contributed by atoms with van der Waals surface area (Å²) in [5.41, 5.74) is 1.82. The molecule has 1 aromatic heterocycles. The molecule has 5 rings (SSSR count). The maximum absolute atomic E-state index is 12.8. The van der Waals surface area contributed by atoms with Gasteiger partial charge in [-0.05, 0) is 66.0 Å². The maximum atomic E-state index is 12.8. The van der Waals surface area contributed by atoms with Crippen molar-refractivity contribution in [3.05, 3.63) is 90.6 Å². The first kappa shape index (κ1) is 22.0. The van der Waals surface area contributed by atoms with Gasteiger partial charge in [-0.3, -0.25) is 9.78 Å². The average Bonchev–Trinajstić information content (AvgIpc) is 2.88. The summed E-state index contributed by atoms with van der Waals surface area (Å²) in [6.45, 7) is 0. The van der Waals surface area contributed by atoms with Crippen molar-refractivity contribution in [1.29, 1.82) is 0 Å². The van der Waals surface area contributed by atoms with Crippen LogP contribution >= 0.6 is 0 Å². The number of phenolic OH excluding ortho intramolecular Hbond substituents is 1. The first-order valence-electron chi connectivity index (χ1n) is 10.9. The van der Waals surface area contributed by atoms with E-state index < -0.39 is 0 Å². The van der Waals surface area contributed by atoms with Gasteiger partial charge in [0.05, 0.1) is 19.7 Å². The van der Waals surface area contributed by atoms with Gasteiger partial charge in [0.1, 0.15) is 17.2 Å². The molecular weight excluding hydrogens is 444 g/mol. The van der Waals surface area contributed by atoms with Crippen LogP contribution in [-0.2, 0) is 0 Å². The summed E-state index contributed by atoms with van der Waals surface area (Å²) in [6.07, 6.45) is 1.62. The minimum Gasteiger partial charge on any atom is -0.504 e. The number of ether oxygens (including phenoxy) is 3. The molecule has 2 N–H and O–H groups in total. The second-order valence-electron chi connectivity index (χ2n) is 7.82. The molecule has 0 aliphatic carbocycles. The van der Waals surface area contributed by atoms with Gasteiger partial charge in [-0.25, -0.2) is 0 Å². The Bertz CT molecular complexity index is 1550. The van der Waals surface area contributed by atoms with E-state index in [0.29, 0.717) is 45.2 Å². The molecule has 0 saturated heterocycles. The topological polar surface area (TPSA) is 89.9 Å². The first-order valence-corrected chi connectivity index (χ1v) is 10.9. The predicted octanol–water partition coefficient (Wildman–Crippen LogP) is 6.16. The van der Waals surface area contributed by atoms with Crippen molar-refractivity contribution >= 4 is 33.3 Å². The van der Waals surface area contributed by atoms with Crippen molar-refractivity contribution in [1.82, 2.24) is 4.98 Å². The van der Waals surface area contributed by atoms with Crippen molar-refractivity contribution in [2.24, 2.45) is 0 Å². The van der Waals surface area contributed by atoms with E-state index in [2.05, 4.69) is 10.3 Å². The quantitative estimate of drug-likeness (QED) is 0.312. The summed E-state index contributed by atoms with van der Waals surface area (Å²) in [5.74, 6) is 2.04. The van der Waals surface area contributed by atoms with E-state index in [0.717, 1.165) is 10.8 Å². The Balaban J connectivity index is 1.43. The molecular formula is C28H22N2O5. The number of methoxy groups -OCH3 is 2. The number of anilines is 1. The molecule has 1 amide bonds. The number of hydrogen-bond donors (Lipinski definition) is 2. The van der Waals surface area contributed by atoms with Crippen molar-refractivity contribution in [3.8, 4) is 28.7 Å². The molecule has 0 spiro atoms. The van der Waals surface area contributed by atoms with E-state index >= 15 is 0 Å². The molecule has 7 heteroatoms. The van der Waals surface area contributed by atoms with E-state index in [-0.39, 0.29) is 11.7 Å². The van der Waals surface area contributed by atoms with Gasteiger partial charge in [0, 0.05) is 34.3 Å². The van der Waals surface area contributed by atoms with Crippen molar-refractivity contribution in [3.63, 3.8) is 0 Å². The minimum absolute atomic E-state index is 0.0135. The van der Waals surface area contributed by atoms with Crippen LogP contribution in [0.1, 0.15) is 10.4 Å². The van der Waals surface area contributed by atoms with Crippen LogP contribution in [-0.4, -0.2) is 30.2 Å². The Labute approximate surface area is 201 Å². The number of phenols is 1. The lowest BCUT2D eigenvalue weighted by atomic mass is 10.1. The van der Waals surface area contributed by atoms with E-state index in [1.807, 2.05) is 36.4 Å². The third kappa shape index (κ3) is 4.39. The third-order valence-electron chi connectivity index (χ3n) is 5.68. The van der Waals surface area contributed by atoms with Crippen LogP contribution < -0.4 is 19.5 Å². The number of hydrogen-bond acceptors (Lipinski definition) is 6. The highest BCUT2D eigenvalue weighted by molar-refractivity contribution is 6.09. The highest BCUT2D eigenvalue weighted by Gasteiger charge is 2.12. The van der Waals surface area contributed by atoms with Gasteiger partial charge in [0.15, 0.2) is 11.5 Å². The van der Waals surface area contributed by atoms with Gasteiger partial charge in [0.25, 0.3) is 5.91 Å². The van der Waals surface area contributed by atoms with Crippen LogP contribution in [0.25, 0.3) is 21.7 Å². The smallest absolute Gasteiger partial charge is 0.255 e. The van der Waals surface area contributed by atoms with E-state index in [4.69, 9.17) is 14.2 Å². The Kier molecular flexibility index (Phi) is 5.81. The van der Waals surface area contributed by atoms with E-state index in [9.17, 15) is 9.90 Å².